The number of carbonyl (C=O) groups excluding carboxylic acids is 1. The van der Waals surface area contributed by atoms with Gasteiger partial charge in [0.25, 0.3) is 6.47 Å². The standard InChI is InChI=1S/C9H16O5/c1-3-11-4-8-5-13-9(2,14-8)6-12-7-10/h7-8H,3-6H2,1-2H3. The van der Waals surface area contributed by atoms with Crippen molar-refractivity contribution >= 4 is 6.47 Å². The molecule has 0 amide bonds. The third-order valence-corrected chi connectivity index (χ3v) is 1.91. The summed E-state index contributed by atoms with van der Waals surface area (Å²) in [4.78, 5) is 10.00. The summed E-state index contributed by atoms with van der Waals surface area (Å²) in [5, 5.41) is 0. The minimum Gasteiger partial charge on any atom is -0.462 e. The van der Waals surface area contributed by atoms with Crippen LogP contribution in [0.2, 0.25) is 0 Å². The van der Waals surface area contributed by atoms with Crippen molar-refractivity contribution < 1.29 is 23.7 Å². The Morgan fingerprint density at radius 3 is 3.07 bits per heavy atom. The molecule has 0 aromatic rings. The normalized spacial score (nSPS) is 31.7. The molecule has 0 aliphatic carbocycles. The van der Waals surface area contributed by atoms with E-state index >= 15 is 0 Å². The maximum absolute atomic E-state index is 10.00. The second-order valence-corrected chi connectivity index (χ2v) is 3.25. The quantitative estimate of drug-likeness (QED) is 0.583. The highest BCUT2D eigenvalue weighted by molar-refractivity contribution is 5.37. The monoisotopic (exact) mass is 204 g/mol. The second-order valence-electron chi connectivity index (χ2n) is 3.25. The SMILES string of the molecule is CCOCC1COC(C)(COC=O)O1. The molecule has 5 heteroatoms. The maximum atomic E-state index is 10.00. The summed E-state index contributed by atoms with van der Waals surface area (Å²) in [5.41, 5.74) is 0. The summed E-state index contributed by atoms with van der Waals surface area (Å²) < 4.78 is 20.7. The van der Waals surface area contributed by atoms with Crippen molar-refractivity contribution in [3.63, 3.8) is 0 Å². The zero-order chi connectivity index (χ0) is 10.4. The van der Waals surface area contributed by atoms with Gasteiger partial charge in [-0.3, -0.25) is 4.79 Å². The number of hydrogen-bond donors (Lipinski definition) is 0. The Bertz CT molecular complexity index is 184. The predicted octanol–water partition coefficient (Wildman–Crippen LogP) is 0.327. The largest absolute Gasteiger partial charge is 0.462 e. The zero-order valence-corrected chi connectivity index (χ0v) is 8.52. The molecule has 0 saturated carbocycles. The van der Waals surface area contributed by atoms with E-state index in [0.29, 0.717) is 26.3 Å². The Kier molecular flexibility index (Phi) is 4.31. The van der Waals surface area contributed by atoms with E-state index in [1.165, 1.54) is 0 Å². The summed E-state index contributed by atoms with van der Waals surface area (Å²) in [7, 11) is 0. The highest BCUT2D eigenvalue weighted by Crippen LogP contribution is 2.23. The Morgan fingerprint density at radius 2 is 2.43 bits per heavy atom. The van der Waals surface area contributed by atoms with Crippen LogP contribution in [-0.2, 0) is 23.7 Å². The van der Waals surface area contributed by atoms with Crippen molar-refractivity contribution in [2.45, 2.75) is 25.7 Å². The highest BCUT2D eigenvalue weighted by Gasteiger charge is 2.37. The molecule has 1 fully saturated rings. The van der Waals surface area contributed by atoms with Gasteiger partial charge in [-0.25, -0.2) is 0 Å². The molecule has 1 aliphatic heterocycles. The molecule has 1 aliphatic rings. The molecule has 0 aromatic heterocycles. The van der Waals surface area contributed by atoms with Gasteiger partial charge in [0.2, 0.25) is 5.79 Å². The van der Waals surface area contributed by atoms with Crippen molar-refractivity contribution in [3.8, 4) is 0 Å². The Hall–Kier alpha value is -0.650. The van der Waals surface area contributed by atoms with E-state index in [-0.39, 0.29) is 12.7 Å². The van der Waals surface area contributed by atoms with Crippen LogP contribution < -0.4 is 0 Å². The first-order valence-corrected chi connectivity index (χ1v) is 4.65. The van der Waals surface area contributed by atoms with Gasteiger partial charge in [-0.2, -0.15) is 0 Å². The summed E-state index contributed by atoms with van der Waals surface area (Å²) in [6.07, 6.45) is -0.0739. The second kappa shape index (κ2) is 5.29. The molecule has 1 heterocycles. The fraction of sp³-hybridized carbons (Fsp3) is 0.889. The molecule has 1 saturated heterocycles. The molecular formula is C9H16O5. The molecular weight excluding hydrogens is 188 g/mol. The van der Waals surface area contributed by atoms with E-state index in [1.54, 1.807) is 6.92 Å². The topological polar surface area (TPSA) is 54.0 Å². The minimum atomic E-state index is -0.817. The molecule has 0 radical (unpaired) electrons. The smallest absolute Gasteiger partial charge is 0.293 e. The van der Waals surface area contributed by atoms with Gasteiger partial charge in [-0.15, -0.1) is 0 Å². The molecule has 2 atom stereocenters. The lowest BCUT2D eigenvalue weighted by atomic mass is 10.3. The molecule has 0 aromatic carbocycles. The van der Waals surface area contributed by atoms with Crippen molar-refractivity contribution in [1.29, 1.82) is 0 Å². The number of rotatable bonds is 6. The van der Waals surface area contributed by atoms with Gasteiger partial charge >= 0.3 is 0 Å². The molecule has 1 rings (SSSR count). The van der Waals surface area contributed by atoms with Crippen LogP contribution in [0.1, 0.15) is 13.8 Å². The van der Waals surface area contributed by atoms with Gasteiger partial charge in [0, 0.05) is 6.61 Å². The van der Waals surface area contributed by atoms with Crippen LogP contribution in [-0.4, -0.2) is 44.8 Å². The number of hydrogen-bond acceptors (Lipinski definition) is 5. The van der Waals surface area contributed by atoms with Crippen LogP contribution in [0, 0.1) is 0 Å². The first-order chi connectivity index (χ1) is 6.70. The lowest BCUT2D eigenvalue weighted by Gasteiger charge is -2.21. The molecule has 82 valence electrons. The number of ether oxygens (including phenoxy) is 4. The van der Waals surface area contributed by atoms with Gasteiger partial charge in [0.1, 0.15) is 12.7 Å². The lowest BCUT2D eigenvalue weighted by molar-refractivity contribution is -0.192. The molecule has 2 unspecified atom stereocenters. The number of carbonyl (C=O) groups is 1. The van der Waals surface area contributed by atoms with E-state index in [1.807, 2.05) is 6.92 Å². The van der Waals surface area contributed by atoms with Crippen LogP contribution in [0.25, 0.3) is 0 Å². The fourth-order valence-electron chi connectivity index (χ4n) is 1.28. The van der Waals surface area contributed by atoms with Crippen molar-refractivity contribution in [2.75, 3.05) is 26.4 Å². The molecule has 14 heavy (non-hydrogen) atoms. The Labute approximate surface area is 83.3 Å². The van der Waals surface area contributed by atoms with Gasteiger partial charge < -0.3 is 18.9 Å². The van der Waals surface area contributed by atoms with E-state index in [0.717, 1.165) is 0 Å². The first kappa shape index (κ1) is 11.4. The minimum absolute atomic E-state index is 0.0739. The van der Waals surface area contributed by atoms with Crippen molar-refractivity contribution in [1.82, 2.24) is 0 Å². The third kappa shape index (κ3) is 3.25. The summed E-state index contributed by atoms with van der Waals surface area (Å²) in [6, 6.07) is 0. The molecule has 5 nitrogen and oxygen atoms in total. The van der Waals surface area contributed by atoms with Crippen LogP contribution >= 0.6 is 0 Å². The van der Waals surface area contributed by atoms with Crippen LogP contribution in [0.15, 0.2) is 0 Å². The zero-order valence-electron chi connectivity index (χ0n) is 8.52. The van der Waals surface area contributed by atoms with Crippen LogP contribution in [0.5, 0.6) is 0 Å². The summed E-state index contributed by atoms with van der Waals surface area (Å²) in [6.45, 7) is 5.78. The highest BCUT2D eigenvalue weighted by atomic mass is 16.8. The first-order valence-electron chi connectivity index (χ1n) is 4.65. The molecule has 0 bridgehead atoms. The van der Waals surface area contributed by atoms with E-state index in [9.17, 15) is 4.79 Å². The lowest BCUT2D eigenvalue weighted by Crippen LogP contribution is -2.33. The molecule has 0 N–H and O–H groups in total. The Balaban J connectivity index is 2.27. The third-order valence-electron chi connectivity index (χ3n) is 1.91. The van der Waals surface area contributed by atoms with Gasteiger partial charge in [-0.1, -0.05) is 0 Å². The summed E-state index contributed by atoms with van der Waals surface area (Å²) in [5.74, 6) is -0.817. The van der Waals surface area contributed by atoms with E-state index in [2.05, 4.69) is 4.74 Å². The maximum Gasteiger partial charge on any atom is 0.293 e. The van der Waals surface area contributed by atoms with E-state index < -0.39 is 5.79 Å². The predicted molar refractivity (Wildman–Crippen MR) is 47.7 cm³/mol. The van der Waals surface area contributed by atoms with Gasteiger partial charge in [0.05, 0.1) is 13.2 Å². The van der Waals surface area contributed by atoms with Gasteiger partial charge in [-0.05, 0) is 13.8 Å². The average Bonchev–Trinajstić information content (AvgIpc) is 2.55. The summed E-state index contributed by atoms with van der Waals surface area (Å²) >= 11 is 0. The van der Waals surface area contributed by atoms with Crippen molar-refractivity contribution in [2.24, 2.45) is 0 Å². The Morgan fingerprint density at radius 1 is 1.64 bits per heavy atom. The van der Waals surface area contributed by atoms with Crippen molar-refractivity contribution in [3.05, 3.63) is 0 Å². The average molecular weight is 204 g/mol. The van der Waals surface area contributed by atoms with Crippen LogP contribution in [0.3, 0.4) is 0 Å². The van der Waals surface area contributed by atoms with E-state index in [4.69, 9.17) is 14.2 Å². The van der Waals surface area contributed by atoms with Crippen LogP contribution in [0.4, 0.5) is 0 Å². The fourth-order valence-corrected chi connectivity index (χ4v) is 1.28. The molecule has 0 spiro atoms. The van der Waals surface area contributed by atoms with Gasteiger partial charge in [0.15, 0.2) is 0 Å².